The molecule has 144 valence electrons. The third-order valence-electron chi connectivity index (χ3n) is 4.84. The van der Waals surface area contributed by atoms with Gasteiger partial charge in [0, 0.05) is 12.0 Å². The van der Waals surface area contributed by atoms with Gasteiger partial charge in [-0.15, -0.1) is 0 Å². The fourth-order valence-electron chi connectivity index (χ4n) is 3.22. The molecule has 0 unspecified atom stereocenters. The third-order valence-corrected chi connectivity index (χ3v) is 8.23. The Morgan fingerprint density at radius 1 is 1.00 bits per heavy atom. The fourth-order valence-corrected chi connectivity index (χ4v) is 6.48. The van der Waals surface area contributed by atoms with Crippen LogP contribution in [0.5, 0.6) is 0 Å². The van der Waals surface area contributed by atoms with Crippen molar-refractivity contribution in [2.45, 2.75) is 38.3 Å². The van der Waals surface area contributed by atoms with Gasteiger partial charge in [0.1, 0.15) is 0 Å². The molecular formula is C20H23NO4S2. The Hall–Kier alpha value is -1.96. The summed E-state index contributed by atoms with van der Waals surface area (Å²) in [5, 5.41) is 1.11. The number of aryl methyl sites for hydroxylation is 3. The van der Waals surface area contributed by atoms with Crippen LogP contribution in [0.25, 0.3) is 0 Å². The van der Waals surface area contributed by atoms with E-state index in [2.05, 4.69) is 0 Å². The van der Waals surface area contributed by atoms with Crippen LogP contribution < -0.4 is 0 Å². The maximum atomic E-state index is 13.5. The molecule has 0 aliphatic carbocycles. The zero-order valence-corrected chi connectivity index (χ0v) is 17.2. The molecule has 0 bridgehead atoms. The Labute approximate surface area is 161 Å². The van der Waals surface area contributed by atoms with Gasteiger partial charge in [-0.05, 0) is 49.1 Å². The summed E-state index contributed by atoms with van der Waals surface area (Å²) in [7, 11) is -7.27. The first-order valence-electron chi connectivity index (χ1n) is 8.65. The largest absolute Gasteiger partial charge is 0.244 e. The lowest BCUT2D eigenvalue weighted by atomic mass is 10.1. The molecule has 1 heterocycles. The molecule has 1 atom stereocenters. The molecule has 0 N–H and O–H groups in total. The van der Waals surface area contributed by atoms with Crippen LogP contribution in [-0.4, -0.2) is 32.9 Å². The predicted octanol–water partition coefficient (Wildman–Crippen LogP) is 3.11. The summed E-state index contributed by atoms with van der Waals surface area (Å²) in [6, 6.07) is 12.0. The number of hydrogen-bond acceptors (Lipinski definition) is 4. The van der Waals surface area contributed by atoms with E-state index in [9.17, 15) is 16.8 Å². The molecular weight excluding hydrogens is 382 g/mol. The van der Waals surface area contributed by atoms with Gasteiger partial charge in [0.2, 0.25) is 10.0 Å². The van der Waals surface area contributed by atoms with Gasteiger partial charge in [0.15, 0.2) is 9.84 Å². The third kappa shape index (κ3) is 4.15. The van der Waals surface area contributed by atoms with E-state index in [1.165, 1.54) is 10.4 Å². The molecule has 2 aromatic rings. The van der Waals surface area contributed by atoms with Crippen LogP contribution in [0, 0.1) is 20.8 Å². The Morgan fingerprint density at radius 2 is 1.63 bits per heavy atom. The number of sulfonamides is 1. The molecule has 27 heavy (non-hydrogen) atoms. The van der Waals surface area contributed by atoms with E-state index < -0.39 is 25.9 Å². The Bertz CT molecular complexity index is 1090. The molecule has 0 saturated heterocycles. The Morgan fingerprint density at radius 3 is 2.22 bits per heavy atom. The van der Waals surface area contributed by atoms with Crippen molar-refractivity contribution in [2.24, 2.45) is 0 Å². The zero-order valence-electron chi connectivity index (χ0n) is 15.6. The van der Waals surface area contributed by atoms with Crippen molar-refractivity contribution in [1.82, 2.24) is 4.31 Å². The molecule has 5 nitrogen and oxygen atoms in total. The lowest BCUT2D eigenvalue weighted by Crippen LogP contribution is -2.40. The number of sulfone groups is 1. The lowest BCUT2D eigenvalue weighted by molar-refractivity contribution is 0.375. The van der Waals surface area contributed by atoms with Crippen molar-refractivity contribution in [3.8, 4) is 0 Å². The van der Waals surface area contributed by atoms with Gasteiger partial charge in [-0.2, -0.15) is 4.31 Å². The highest BCUT2D eigenvalue weighted by atomic mass is 32.2. The zero-order chi connectivity index (χ0) is 19.8. The normalized spacial score (nSPS) is 18.9. The van der Waals surface area contributed by atoms with Crippen LogP contribution in [-0.2, 0) is 26.4 Å². The SMILES string of the molecule is Cc1cc(C)c(S(=O)(=O)N(Cc2ccccc2)[C@@H]2C=CS(=O)(=O)C2)cc1C. The summed E-state index contributed by atoms with van der Waals surface area (Å²) >= 11 is 0. The average molecular weight is 406 g/mol. The highest BCUT2D eigenvalue weighted by Gasteiger charge is 2.36. The van der Waals surface area contributed by atoms with Crippen LogP contribution >= 0.6 is 0 Å². The highest BCUT2D eigenvalue weighted by Crippen LogP contribution is 2.29. The summed E-state index contributed by atoms with van der Waals surface area (Å²) in [4.78, 5) is 0.222. The molecule has 7 heteroatoms. The monoisotopic (exact) mass is 405 g/mol. The maximum absolute atomic E-state index is 13.5. The van der Waals surface area contributed by atoms with Crippen LogP contribution in [0.15, 0.2) is 58.8 Å². The van der Waals surface area contributed by atoms with E-state index in [1.807, 2.05) is 50.2 Å². The summed E-state index contributed by atoms with van der Waals surface area (Å²) in [6.07, 6.45) is 1.46. The quantitative estimate of drug-likeness (QED) is 0.766. The van der Waals surface area contributed by atoms with Crippen LogP contribution in [0.1, 0.15) is 22.3 Å². The summed E-state index contributed by atoms with van der Waals surface area (Å²) in [6.45, 7) is 5.68. The fraction of sp³-hybridized carbons (Fsp3) is 0.300. The summed E-state index contributed by atoms with van der Waals surface area (Å²) < 4.78 is 52.2. The number of hydrogen-bond donors (Lipinski definition) is 0. The molecule has 2 aromatic carbocycles. The van der Waals surface area contributed by atoms with Gasteiger partial charge in [0.25, 0.3) is 0 Å². The van der Waals surface area contributed by atoms with Gasteiger partial charge in [0.05, 0.1) is 16.7 Å². The van der Waals surface area contributed by atoms with E-state index >= 15 is 0 Å². The molecule has 0 amide bonds. The summed E-state index contributed by atoms with van der Waals surface area (Å²) in [5.74, 6) is -0.233. The number of nitrogens with zero attached hydrogens (tertiary/aromatic N) is 1. The van der Waals surface area contributed by atoms with Crippen molar-refractivity contribution in [3.63, 3.8) is 0 Å². The second-order valence-corrected chi connectivity index (χ2v) is 10.8. The smallest absolute Gasteiger partial charge is 0.224 e. The van der Waals surface area contributed by atoms with Crippen LogP contribution in [0.2, 0.25) is 0 Å². The predicted molar refractivity (Wildman–Crippen MR) is 107 cm³/mol. The lowest BCUT2D eigenvalue weighted by Gasteiger charge is -2.28. The number of benzene rings is 2. The Balaban J connectivity index is 2.09. The molecule has 1 aliphatic rings. The molecule has 1 aliphatic heterocycles. The van der Waals surface area contributed by atoms with Gasteiger partial charge in [-0.3, -0.25) is 0 Å². The molecule has 0 aromatic heterocycles. The Kier molecular flexibility index (Phi) is 5.29. The van der Waals surface area contributed by atoms with Gasteiger partial charge >= 0.3 is 0 Å². The standard InChI is InChI=1S/C20H23NO4S2/c1-15-11-17(3)20(12-16(15)2)27(24,25)21(13-18-7-5-4-6-8-18)19-9-10-26(22,23)14-19/h4-12,19H,13-14H2,1-3H3/t19-/m1/s1. The second kappa shape index (κ2) is 7.22. The van der Waals surface area contributed by atoms with Crippen molar-refractivity contribution < 1.29 is 16.8 Å². The van der Waals surface area contributed by atoms with Gasteiger partial charge in [-0.25, -0.2) is 16.8 Å². The molecule has 0 fully saturated rings. The van der Waals surface area contributed by atoms with E-state index in [0.29, 0.717) is 5.56 Å². The first-order valence-corrected chi connectivity index (χ1v) is 11.8. The minimum absolute atomic E-state index is 0.111. The van der Waals surface area contributed by atoms with Crippen LogP contribution in [0.3, 0.4) is 0 Å². The van der Waals surface area contributed by atoms with E-state index in [1.54, 1.807) is 13.0 Å². The first kappa shape index (κ1) is 19.8. The highest BCUT2D eigenvalue weighted by molar-refractivity contribution is 7.94. The molecule has 0 spiro atoms. The van der Waals surface area contributed by atoms with E-state index in [0.717, 1.165) is 22.1 Å². The molecule has 3 rings (SSSR count). The first-order chi connectivity index (χ1) is 12.6. The molecule has 0 saturated carbocycles. The van der Waals surface area contributed by atoms with Crippen molar-refractivity contribution in [1.29, 1.82) is 0 Å². The van der Waals surface area contributed by atoms with E-state index in [4.69, 9.17) is 0 Å². The van der Waals surface area contributed by atoms with Gasteiger partial charge in [-0.1, -0.05) is 42.5 Å². The molecule has 0 radical (unpaired) electrons. The van der Waals surface area contributed by atoms with E-state index in [-0.39, 0.29) is 17.2 Å². The van der Waals surface area contributed by atoms with Crippen molar-refractivity contribution >= 4 is 19.9 Å². The average Bonchev–Trinajstić information content (AvgIpc) is 2.96. The van der Waals surface area contributed by atoms with Crippen LogP contribution in [0.4, 0.5) is 0 Å². The second-order valence-electron chi connectivity index (χ2n) is 6.96. The minimum Gasteiger partial charge on any atom is -0.224 e. The topological polar surface area (TPSA) is 71.5 Å². The van der Waals surface area contributed by atoms with Crippen molar-refractivity contribution in [3.05, 3.63) is 76.2 Å². The summed E-state index contributed by atoms with van der Waals surface area (Å²) in [5.41, 5.74) is 3.36. The number of rotatable bonds is 5. The maximum Gasteiger partial charge on any atom is 0.244 e. The van der Waals surface area contributed by atoms with Gasteiger partial charge < -0.3 is 0 Å². The minimum atomic E-state index is -3.89. The van der Waals surface area contributed by atoms with Crippen molar-refractivity contribution in [2.75, 3.05) is 5.75 Å².